The van der Waals surface area contributed by atoms with E-state index in [1.807, 2.05) is 13.8 Å². The lowest BCUT2D eigenvalue weighted by Crippen LogP contribution is -2.08. The molecule has 0 N–H and O–H groups in total. The molecule has 1 aliphatic rings. The first-order chi connectivity index (χ1) is 7.15. The average Bonchev–Trinajstić information content (AvgIpc) is 2.94. The third kappa shape index (κ3) is 2.81. The van der Waals surface area contributed by atoms with Crippen molar-refractivity contribution in [1.82, 2.24) is 4.98 Å². The fraction of sp³-hybridized carbons (Fsp3) is 0.545. The topological polar surface area (TPSA) is 31.4 Å². The van der Waals surface area contributed by atoms with E-state index in [9.17, 15) is 4.39 Å². The summed E-state index contributed by atoms with van der Waals surface area (Å²) in [4.78, 5) is 3.83. The molecule has 0 saturated heterocycles. The minimum absolute atomic E-state index is 0.0248. The molecule has 0 aliphatic heterocycles. The van der Waals surface area contributed by atoms with Crippen LogP contribution in [0.3, 0.4) is 0 Å². The summed E-state index contributed by atoms with van der Waals surface area (Å²) in [6.07, 6.45) is 3.34. The molecule has 0 unspecified atom stereocenters. The van der Waals surface area contributed by atoms with Gasteiger partial charge in [-0.15, -0.1) is 0 Å². The summed E-state index contributed by atoms with van der Waals surface area (Å²) in [5.41, 5.74) is 0. The molecule has 1 aliphatic carbocycles. The fourth-order valence-corrected chi connectivity index (χ4v) is 1.16. The third-order valence-electron chi connectivity index (χ3n) is 1.97. The van der Waals surface area contributed by atoms with Crippen molar-refractivity contribution in [3.63, 3.8) is 0 Å². The predicted octanol–water partition coefficient (Wildman–Crippen LogP) is 2.55. The van der Waals surface area contributed by atoms with Crippen molar-refractivity contribution >= 4 is 0 Å². The normalized spacial score (nSPS) is 15.5. The Hall–Kier alpha value is -1.32. The van der Waals surface area contributed by atoms with Gasteiger partial charge in [0.25, 0.3) is 0 Å². The van der Waals surface area contributed by atoms with Gasteiger partial charge in [-0.05, 0) is 26.7 Å². The second kappa shape index (κ2) is 4.04. The molecule has 2 rings (SSSR count). The smallest absolute Gasteiger partial charge is 0.217 e. The molecule has 1 aromatic heterocycles. The van der Waals surface area contributed by atoms with E-state index in [2.05, 4.69) is 4.98 Å². The van der Waals surface area contributed by atoms with Crippen LogP contribution in [0.4, 0.5) is 4.39 Å². The highest BCUT2D eigenvalue weighted by Gasteiger charge is 2.25. The zero-order valence-corrected chi connectivity index (χ0v) is 8.87. The van der Waals surface area contributed by atoms with Crippen LogP contribution in [0.1, 0.15) is 26.7 Å². The zero-order valence-electron chi connectivity index (χ0n) is 8.87. The molecule has 0 spiro atoms. The van der Waals surface area contributed by atoms with Crippen LogP contribution >= 0.6 is 0 Å². The molecule has 15 heavy (non-hydrogen) atoms. The number of aromatic nitrogens is 1. The minimum atomic E-state index is -0.432. The summed E-state index contributed by atoms with van der Waals surface area (Å²) in [5, 5.41) is 0. The van der Waals surface area contributed by atoms with Crippen molar-refractivity contribution in [3.8, 4) is 11.6 Å². The SMILES string of the molecule is CC(C)Oc1cc(OC2CC2)c(F)cn1. The van der Waals surface area contributed by atoms with E-state index in [1.165, 1.54) is 6.07 Å². The standard InChI is InChI=1S/C11H14FNO2/c1-7(2)14-11-5-10(9(12)6-13-11)15-8-3-4-8/h5-8H,3-4H2,1-2H3. The first kappa shape index (κ1) is 10.2. The Morgan fingerprint density at radius 2 is 2.20 bits per heavy atom. The number of pyridine rings is 1. The zero-order chi connectivity index (χ0) is 10.8. The van der Waals surface area contributed by atoms with E-state index < -0.39 is 5.82 Å². The third-order valence-corrected chi connectivity index (χ3v) is 1.97. The second-order valence-electron chi connectivity index (χ2n) is 3.94. The molecule has 82 valence electrons. The van der Waals surface area contributed by atoms with Crippen molar-refractivity contribution in [2.24, 2.45) is 0 Å². The van der Waals surface area contributed by atoms with Gasteiger partial charge in [0.05, 0.1) is 18.4 Å². The summed E-state index contributed by atoms with van der Waals surface area (Å²) in [7, 11) is 0. The number of nitrogens with zero attached hydrogens (tertiary/aromatic N) is 1. The van der Waals surface area contributed by atoms with E-state index in [1.54, 1.807) is 0 Å². The Morgan fingerprint density at radius 3 is 2.80 bits per heavy atom. The van der Waals surface area contributed by atoms with Gasteiger partial charge in [0.2, 0.25) is 5.88 Å². The highest BCUT2D eigenvalue weighted by Crippen LogP contribution is 2.30. The summed E-state index contributed by atoms with van der Waals surface area (Å²) in [5.74, 6) is 0.211. The molecule has 1 heterocycles. The highest BCUT2D eigenvalue weighted by molar-refractivity contribution is 5.28. The van der Waals surface area contributed by atoms with Gasteiger partial charge in [-0.25, -0.2) is 9.37 Å². The molecule has 4 heteroatoms. The van der Waals surface area contributed by atoms with Crippen molar-refractivity contribution in [3.05, 3.63) is 18.1 Å². The van der Waals surface area contributed by atoms with Gasteiger partial charge in [-0.2, -0.15) is 0 Å². The van der Waals surface area contributed by atoms with Crippen LogP contribution in [0.25, 0.3) is 0 Å². The molecule has 3 nitrogen and oxygen atoms in total. The maximum Gasteiger partial charge on any atom is 0.217 e. The van der Waals surface area contributed by atoms with E-state index >= 15 is 0 Å². The van der Waals surface area contributed by atoms with Gasteiger partial charge < -0.3 is 9.47 Å². The van der Waals surface area contributed by atoms with Crippen LogP contribution < -0.4 is 9.47 Å². The number of hydrogen-bond acceptors (Lipinski definition) is 3. The molecule has 0 amide bonds. The number of rotatable bonds is 4. The lowest BCUT2D eigenvalue weighted by molar-refractivity contribution is 0.227. The lowest BCUT2D eigenvalue weighted by atomic mass is 10.4. The Morgan fingerprint density at radius 1 is 1.47 bits per heavy atom. The Bertz CT molecular complexity index is 350. The van der Waals surface area contributed by atoms with Gasteiger partial charge >= 0.3 is 0 Å². The van der Waals surface area contributed by atoms with Gasteiger partial charge in [0, 0.05) is 6.07 Å². The number of ether oxygens (including phenoxy) is 2. The second-order valence-corrected chi connectivity index (χ2v) is 3.94. The van der Waals surface area contributed by atoms with E-state index in [-0.39, 0.29) is 18.0 Å². The first-order valence-electron chi connectivity index (χ1n) is 5.14. The Labute approximate surface area is 88.2 Å². The van der Waals surface area contributed by atoms with Crippen molar-refractivity contribution in [2.45, 2.75) is 38.9 Å². The molecule has 1 saturated carbocycles. The summed E-state index contributed by atoms with van der Waals surface area (Å²) in [6.45, 7) is 3.79. The molecular weight excluding hydrogens is 197 g/mol. The fourth-order valence-electron chi connectivity index (χ4n) is 1.16. The largest absolute Gasteiger partial charge is 0.487 e. The predicted molar refractivity (Wildman–Crippen MR) is 53.6 cm³/mol. The number of hydrogen-bond donors (Lipinski definition) is 0. The first-order valence-corrected chi connectivity index (χ1v) is 5.14. The lowest BCUT2D eigenvalue weighted by Gasteiger charge is -2.10. The molecule has 1 aromatic rings. The number of halogens is 1. The Kier molecular flexibility index (Phi) is 2.75. The molecule has 0 radical (unpaired) electrons. The van der Waals surface area contributed by atoms with E-state index in [4.69, 9.17) is 9.47 Å². The Balaban J connectivity index is 2.12. The van der Waals surface area contributed by atoms with E-state index in [0.29, 0.717) is 5.88 Å². The molecule has 0 bridgehead atoms. The van der Waals surface area contributed by atoms with Crippen LogP contribution in [0.5, 0.6) is 11.6 Å². The minimum Gasteiger partial charge on any atom is -0.487 e. The summed E-state index contributed by atoms with van der Waals surface area (Å²) < 4.78 is 24.0. The van der Waals surface area contributed by atoms with E-state index in [0.717, 1.165) is 19.0 Å². The molecule has 1 fully saturated rings. The molecule has 0 aromatic carbocycles. The highest BCUT2D eigenvalue weighted by atomic mass is 19.1. The maximum atomic E-state index is 13.3. The van der Waals surface area contributed by atoms with Crippen molar-refractivity contribution < 1.29 is 13.9 Å². The maximum absolute atomic E-state index is 13.3. The summed E-state index contributed by atoms with van der Waals surface area (Å²) in [6, 6.07) is 1.51. The van der Waals surface area contributed by atoms with Gasteiger partial charge in [-0.3, -0.25) is 0 Å². The van der Waals surface area contributed by atoms with Crippen LogP contribution in [0, 0.1) is 5.82 Å². The van der Waals surface area contributed by atoms with Crippen LogP contribution in [-0.4, -0.2) is 17.2 Å². The van der Waals surface area contributed by atoms with Gasteiger partial charge in [0.15, 0.2) is 11.6 Å². The van der Waals surface area contributed by atoms with Crippen LogP contribution in [-0.2, 0) is 0 Å². The quantitative estimate of drug-likeness (QED) is 0.767. The van der Waals surface area contributed by atoms with Crippen molar-refractivity contribution in [1.29, 1.82) is 0 Å². The van der Waals surface area contributed by atoms with Gasteiger partial charge in [-0.1, -0.05) is 0 Å². The molecule has 0 atom stereocenters. The van der Waals surface area contributed by atoms with Crippen molar-refractivity contribution in [2.75, 3.05) is 0 Å². The summed E-state index contributed by atoms with van der Waals surface area (Å²) >= 11 is 0. The average molecular weight is 211 g/mol. The van der Waals surface area contributed by atoms with Gasteiger partial charge in [0.1, 0.15) is 0 Å². The molecular formula is C11H14FNO2. The monoisotopic (exact) mass is 211 g/mol. The van der Waals surface area contributed by atoms with Crippen LogP contribution in [0.15, 0.2) is 12.3 Å². The van der Waals surface area contributed by atoms with Crippen LogP contribution in [0.2, 0.25) is 0 Å².